The number of hydrogen-bond acceptors (Lipinski definition) is 3. The van der Waals surface area contributed by atoms with Crippen LogP contribution in [-0.4, -0.2) is 32.2 Å². The predicted octanol–water partition coefficient (Wildman–Crippen LogP) is 3.31. The lowest BCUT2D eigenvalue weighted by Gasteiger charge is -2.31. The number of ether oxygens (including phenoxy) is 1. The van der Waals surface area contributed by atoms with Gasteiger partial charge in [-0.1, -0.05) is 24.3 Å². The molecule has 4 nitrogen and oxygen atoms in total. The lowest BCUT2D eigenvalue weighted by atomic mass is 9.96. The molecule has 1 fully saturated rings. The Morgan fingerprint density at radius 3 is 2.40 bits per heavy atom. The maximum atomic E-state index is 13.6. The zero-order valence-corrected chi connectivity index (χ0v) is 13.3. The van der Waals surface area contributed by atoms with E-state index in [0.717, 1.165) is 6.07 Å². The molecule has 1 aliphatic heterocycles. The predicted molar refractivity (Wildman–Crippen MR) is 88.4 cm³/mol. The molecule has 1 aliphatic rings. The molecule has 25 heavy (non-hydrogen) atoms. The molecule has 2 aromatic rings. The molecular formula is C18H17F3N2O2. The van der Waals surface area contributed by atoms with Crippen LogP contribution in [-0.2, 0) is 10.9 Å². The molecule has 0 aromatic heterocycles. The number of benzene rings is 2. The molecule has 1 saturated heterocycles. The Kier molecular flexibility index (Phi) is 4.67. The van der Waals surface area contributed by atoms with Crippen molar-refractivity contribution in [3.63, 3.8) is 0 Å². The summed E-state index contributed by atoms with van der Waals surface area (Å²) >= 11 is 0. The van der Waals surface area contributed by atoms with Crippen molar-refractivity contribution in [3.05, 3.63) is 53.6 Å². The number of anilines is 1. The summed E-state index contributed by atoms with van der Waals surface area (Å²) in [5.74, 6) is -0.679. The highest BCUT2D eigenvalue weighted by molar-refractivity contribution is 6.00. The van der Waals surface area contributed by atoms with E-state index in [-0.39, 0.29) is 11.3 Å². The van der Waals surface area contributed by atoms with E-state index in [1.807, 2.05) is 0 Å². The fraction of sp³-hybridized carbons (Fsp3) is 0.278. The van der Waals surface area contributed by atoms with Crippen molar-refractivity contribution in [2.24, 2.45) is 5.73 Å². The van der Waals surface area contributed by atoms with E-state index in [2.05, 4.69) is 0 Å². The molecule has 132 valence electrons. The maximum absolute atomic E-state index is 13.6. The van der Waals surface area contributed by atoms with Gasteiger partial charge >= 0.3 is 6.18 Å². The van der Waals surface area contributed by atoms with Crippen LogP contribution in [0.2, 0.25) is 0 Å². The summed E-state index contributed by atoms with van der Waals surface area (Å²) in [5, 5.41) is 0. The first-order valence-electron chi connectivity index (χ1n) is 7.81. The molecule has 1 heterocycles. The molecular weight excluding hydrogens is 333 g/mol. The highest BCUT2D eigenvalue weighted by atomic mass is 19.4. The second-order valence-corrected chi connectivity index (χ2v) is 5.74. The summed E-state index contributed by atoms with van der Waals surface area (Å²) in [6.07, 6.45) is -4.51. The number of carbonyl (C=O) groups is 1. The molecule has 3 rings (SSSR count). The molecule has 0 spiro atoms. The Morgan fingerprint density at radius 1 is 1.08 bits per heavy atom. The van der Waals surface area contributed by atoms with Gasteiger partial charge in [0.1, 0.15) is 0 Å². The third-order valence-electron chi connectivity index (χ3n) is 4.16. The van der Waals surface area contributed by atoms with Crippen molar-refractivity contribution >= 4 is 11.6 Å². The van der Waals surface area contributed by atoms with Crippen molar-refractivity contribution in [2.75, 3.05) is 31.2 Å². The van der Waals surface area contributed by atoms with Gasteiger partial charge < -0.3 is 15.4 Å². The Morgan fingerprint density at radius 2 is 1.76 bits per heavy atom. The molecule has 0 saturated carbocycles. The Balaban J connectivity index is 2.11. The first-order valence-corrected chi connectivity index (χ1v) is 7.81. The van der Waals surface area contributed by atoms with Gasteiger partial charge in [0.2, 0.25) is 5.91 Å². The molecule has 1 amide bonds. The highest BCUT2D eigenvalue weighted by Gasteiger charge is 2.35. The minimum Gasteiger partial charge on any atom is -0.378 e. The quantitative estimate of drug-likeness (QED) is 0.924. The maximum Gasteiger partial charge on any atom is 0.418 e. The standard InChI is InChI=1S/C18H17F3N2O2/c19-18(20,21)15-11-12(13-3-1-2-4-14(13)17(22)24)5-6-16(15)23-7-9-25-10-8-23/h1-6,11H,7-10H2,(H2,22,24). The van der Waals surface area contributed by atoms with Crippen LogP contribution in [0, 0.1) is 0 Å². The summed E-state index contributed by atoms with van der Waals surface area (Å²) in [7, 11) is 0. The number of amides is 1. The van der Waals surface area contributed by atoms with Crippen molar-refractivity contribution in [3.8, 4) is 11.1 Å². The van der Waals surface area contributed by atoms with Crippen LogP contribution >= 0.6 is 0 Å². The lowest BCUT2D eigenvalue weighted by Crippen LogP contribution is -2.37. The molecule has 2 aromatic carbocycles. The first kappa shape index (κ1) is 17.3. The minimum atomic E-state index is -4.51. The zero-order chi connectivity index (χ0) is 18.0. The van der Waals surface area contributed by atoms with Gasteiger partial charge in [0.05, 0.1) is 18.8 Å². The topological polar surface area (TPSA) is 55.6 Å². The summed E-state index contributed by atoms with van der Waals surface area (Å²) in [5.41, 5.74) is 5.61. The fourth-order valence-electron chi connectivity index (χ4n) is 2.96. The molecule has 0 unspecified atom stereocenters. The average Bonchev–Trinajstić information content (AvgIpc) is 2.61. The summed E-state index contributed by atoms with van der Waals surface area (Å²) in [6, 6.07) is 10.5. The van der Waals surface area contributed by atoms with Gasteiger partial charge in [0.15, 0.2) is 0 Å². The molecule has 0 atom stereocenters. The number of hydrogen-bond donors (Lipinski definition) is 1. The van der Waals surface area contributed by atoms with Crippen LogP contribution < -0.4 is 10.6 Å². The molecule has 0 radical (unpaired) electrons. The van der Waals surface area contributed by atoms with E-state index in [4.69, 9.17) is 10.5 Å². The minimum absolute atomic E-state index is 0.121. The third kappa shape index (κ3) is 3.61. The van der Waals surface area contributed by atoms with Crippen LogP contribution in [0.4, 0.5) is 18.9 Å². The van der Waals surface area contributed by atoms with Gasteiger partial charge in [0.25, 0.3) is 0 Å². The average molecular weight is 350 g/mol. The number of morpholine rings is 1. The van der Waals surface area contributed by atoms with Gasteiger partial charge in [-0.3, -0.25) is 4.79 Å². The first-order chi connectivity index (χ1) is 11.9. The molecule has 2 N–H and O–H groups in total. The Bertz CT molecular complexity index is 784. The Labute approximate surface area is 143 Å². The van der Waals surface area contributed by atoms with E-state index in [1.54, 1.807) is 29.2 Å². The monoisotopic (exact) mass is 350 g/mol. The normalized spacial score (nSPS) is 15.2. The van der Waals surface area contributed by atoms with Crippen molar-refractivity contribution in [1.82, 2.24) is 0 Å². The molecule has 7 heteroatoms. The van der Waals surface area contributed by atoms with Gasteiger partial charge in [-0.2, -0.15) is 13.2 Å². The zero-order valence-electron chi connectivity index (χ0n) is 13.3. The van der Waals surface area contributed by atoms with E-state index in [1.165, 1.54) is 12.1 Å². The second-order valence-electron chi connectivity index (χ2n) is 5.74. The second kappa shape index (κ2) is 6.76. The number of carbonyl (C=O) groups excluding carboxylic acids is 1. The van der Waals surface area contributed by atoms with Crippen LogP contribution in [0.15, 0.2) is 42.5 Å². The summed E-state index contributed by atoms with van der Waals surface area (Å²) in [4.78, 5) is 13.2. The Hall–Kier alpha value is -2.54. The van der Waals surface area contributed by atoms with Gasteiger partial charge in [0, 0.05) is 24.3 Å². The summed E-state index contributed by atoms with van der Waals surface area (Å²) < 4.78 is 46.0. The molecule has 0 bridgehead atoms. The lowest BCUT2D eigenvalue weighted by molar-refractivity contribution is -0.137. The van der Waals surface area contributed by atoms with Gasteiger partial charge in [-0.25, -0.2) is 0 Å². The largest absolute Gasteiger partial charge is 0.418 e. The SMILES string of the molecule is NC(=O)c1ccccc1-c1ccc(N2CCOCC2)c(C(F)(F)F)c1. The number of rotatable bonds is 3. The number of nitrogens with two attached hydrogens (primary N) is 1. The van der Waals surface area contributed by atoms with Gasteiger partial charge in [-0.15, -0.1) is 0 Å². The van der Waals surface area contributed by atoms with Crippen molar-refractivity contribution < 1.29 is 22.7 Å². The fourth-order valence-corrected chi connectivity index (χ4v) is 2.96. The van der Waals surface area contributed by atoms with Crippen molar-refractivity contribution in [1.29, 1.82) is 0 Å². The van der Waals surface area contributed by atoms with Crippen molar-refractivity contribution in [2.45, 2.75) is 6.18 Å². The number of alkyl halides is 3. The van der Waals surface area contributed by atoms with E-state index < -0.39 is 17.6 Å². The van der Waals surface area contributed by atoms with Crippen LogP contribution in [0.1, 0.15) is 15.9 Å². The van der Waals surface area contributed by atoms with Crippen LogP contribution in [0.5, 0.6) is 0 Å². The molecule has 0 aliphatic carbocycles. The van der Waals surface area contributed by atoms with E-state index in [9.17, 15) is 18.0 Å². The number of nitrogens with zero attached hydrogens (tertiary/aromatic N) is 1. The van der Waals surface area contributed by atoms with E-state index in [0.29, 0.717) is 37.4 Å². The number of halogens is 3. The van der Waals surface area contributed by atoms with Crippen LogP contribution in [0.3, 0.4) is 0 Å². The highest BCUT2D eigenvalue weighted by Crippen LogP contribution is 2.39. The third-order valence-corrected chi connectivity index (χ3v) is 4.16. The van der Waals surface area contributed by atoms with E-state index >= 15 is 0 Å². The van der Waals surface area contributed by atoms with Gasteiger partial charge in [-0.05, 0) is 29.3 Å². The van der Waals surface area contributed by atoms with Crippen LogP contribution in [0.25, 0.3) is 11.1 Å². The smallest absolute Gasteiger partial charge is 0.378 e. The number of primary amides is 1. The summed E-state index contributed by atoms with van der Waals surface area (Å²) in [6.45, 7) is 1.59.